The second kappa shape index (κ2) is 6.96. The fourth-order valence-electron chi connectivity index (χ4n) is 1.42. The highest BCUT2D eigenvalue weighted by Crippen LogP contribution is 2.19. The molecular formula is C11H12BrFN2O5S. The molecular weight excluding hydrogens is 371 g/mol. The maximum absolute atomic E-state index is 13.3. The average molecular weight is 383 g/mol. The van der Waals surface area contributed by atoms with Gasteiger partial charge in [0, 0.05) is 6.42 Å². The van der Waals surface area contributed by atoms with Crippen LogP contribution in [0.15, 0.2) is 27.6 Å². The molecule has 0 fully saturated rings. The Morgan fingerprint density at radius 3 is 2.52 bits per heavy atom. The predicted octanol–water partition coefficient (Wildman–Crippen LogP) is 0.585. The van der Waals surface area contributed by atoms with Gasteiger partial charge in [-0.1, -0.05) is 0 Å². The molecule has 0 saturated carbocycles. The SMILES string of the molecule is NC(=O)CCC(NS(=O)(=O)c1ccc(Br)c(F)c1)C(=O)O. The van der Waals surface area contributed by atoms with Gasteiger partial charge in [-0.05, 0) is 40.5 Å². The highest BCUT2D eigenvalue weighted by Gasteiger charge is 2.26. The van der Waals surface area contributed by atoms with Crippen LogP contribution in [-0.2, 0) is 19.6 Å². The van der Waals surface area contributed by atoms with Gasteiger partial charge in [0.05, 0.1) is 9.37 Å². The number of halogens is 2. The molecule has 0 aromatic heterocycles. The van der Waals surface area contributed by atoms with Crippen molar-refractivity contribution in [1.82, 2.24) is 4.72 Å². The third-order valence-corrected chi connectivity index (χ3v) is 4.59. The van der Waals surface area contributed by atoms with Crippen LogP contribution in [0.1, 0.15) is 12.8 Å². The van der Waals surface area contributed by atoms with Crippen LogP contribution in [0.5, 0.6) is 0 Å². The van der Waals surface area contributed by atoms with Gasteiger partial charge >= 0.3 is 5.97 Å². The molecule has 1 unspecified atom stereocenters. The molecule has 0 heterocycles. The number of nitrogens with one attached hydrogen (secondary N) is 1. The summed E-state index contributed by atoms with van der Waals surface area (Å²) in [4.78, 5) is 21.2. The molecule has 1 rings (SSSR count). The minimum atomic E-state index is -4.24. The van der Waals surface area contributed by atoms with Gasteiger partial charge in [-0.3, -0.25) is 9.59 Å². The van der Waals surface area contributed by atoms with E-state index in [-0.39, 0.29) is 17.3 Å². The van der Waals surface area contributed by atoms with Gasteiger partial charge in [0.15, 0.2) is 0 Å². The van der Waals surface area contributed by atoms with Crippen molar-refractivity contribution in [2.45, 2.75) is 23.8 Å². The summed E-state index contributed by atoms with van der Waals surface area (Å²) < 4.78 is 39.3. The Morgan fingerprint density at radius 1 is 1.43 bits per heavy atom. The van der Waals surface area contributed by atoms with Crippen LogP contribution in [-0.4, -0.2) is 31.4 Å². The lowest BCUT2D eigenvalue weighted by Gasteiger charge is -2.14. The van der Waals surface area contributed by atoms with E-state index in [1.54, 1.807) is 0 Å². The summed E-state index contributed by atoms with van der Waals surface area (Å²) in [6.45, 7) is 0. The summed E-state index contributed by atoms with van der Waals surface area (Å²) >= 11 is 2.88. The molecule has 21 heavy (non-hydrogen) atoms. The summed E-state index contributed by atoms with van der Waals surface area (Å²) in [6.07, 6.45) is -0.600. The number of amides is 1. The van der Waals surface area contributed by atoms with Crippen molar-refractivity contribution >= 4 is 37.8 Å². The van der Waals surface area contributed by atoms with Crippen molar-refractivity contribution in [3.8, 4) is 0 Å². The van der Waals surface area contributed by atoms with Gasteiger partial charge in [-0.25, -0.2) is 12.8 Å². The minimum absolute atomic E-state index is 0.0740. The number of nitrogens with two attached hydrogens (primary N) is 1. The molecule has 10 heteroatoms. The Labute approximate surface area is 128 Å². The second-order valence-electron chi connectivity index (χ2n) is 4.09. The second-order valence-corrected chi connectivity index (χ2v) is 6.66. The van der Waals surface area contributed by atoms with E-state index in [2.05, 4.69) is 15.9 Å². The van der Waals surface area contributed by atoms with Crippen molar-refractivity contribution < 1.29 is 27.5 Å². The zero-order valence-corrected chi connectivity index (χ0v) is 12.9. The Balaban J connectivity index is 2.97. The normalized spacial score (nSPS) is 12.9. The molecule has 0 radical (unpaired) electrons. The van der Waals surface area contributed by atoms with E-state index >= 15 is 0 Å². The maximum atomic E-state index is 13.3. The summed E-state index contributed by atoms with van der Waals surface area (Å²) in [7, 11) is -4.24. The van der Waals surface area contributed by atoms with Crippen LogP contribution in [0.2, 0.25) is 0 Å². The molecule has 1 atom stereocenters. The number of carbonyl (C=O) groups excluding carboxylic acids is 1. The molecule has 0 aliphatic rings. The molecule has 116 valence electrons. The molecule has 0 saturated heterocycles. The third kappa shape index (κ3) is 5.06. The predicted molar refractivity (Wildman–Crippen MR) is 74.3 cm³/mol. The van der Waals surface area contributed by atoms with Crippen molar-refractivity contribution in [2.75, 3.05) is 0 Å². The monoisotopic (exact) mass is 382 g/mol. The summed E-state index contributed by atoms with van der Waals surface area (Å²) in [5, 5.41) is 8.93. The van der Waals surface area contributed by atoms with Crippen molar-refractivity contribution in [3.63, 3.8) is 0 Å². The van der Waals surface area contributed by atoms with Gasteiger partial charge in [-0.2, -0.15) is 4.72 Å². The first-order valence-electron chi connectivity index (χ1n) is 5.62. The highest BCUT2D eigenvalue weighted by molar-refractivity contribution is 9.10. The van der Waals surface area contributed by atoms with E-state index in [4.69, 9.17) is 10.8 Å². The van der Waals surface area contributed by atoms with E-state index in [9.17, 15) is 22.4 Å². The first-order valence-corrected chi connectivity index (χ1v) is 7.89. The number of carboxylic acids is 1. The number of rotatable bonds is 7. The molecule has 1 aromatic carbocycles. The van der Waals surface area contributed by atoms with E-state index in [0.29, 0.717) is 0 Å². The van der Waals surface area contributed by atoms with Crippen LogP contribution in [0.4, 0.5) is 4.39 Å². The largest absolute Gasteiger partial charge is 0.480 e. The number of primary amides is 1. The van der Waals surface area contributed by atoms with Crippen LogP contribution in [0.3, 0.4) is 0 Å². The Bertz CT molecular complexity index is 665. The van der Waals surface area contributed by atoms with E-state index in [1.807, 2.05) is 4.72 Å². The van der Waals surface area contributed by atoms with E-state index in [1.165, 1.54) is 6.07 Å². The number of aliphatic carboxylic acids is 1. The number of sulfonamides is 1. The lowest BCUT2D eigenvalue weighted by Crippen LogP contribution is -2.41. The summed E-state index contributed by atoms with van der Waals surface area (Å²) in [5.41, 5.74) is 4.89. The number of hydrogen-bond donors (Lipinski definition) is 3. The summed E-state index contributed by atoms with van der Waals surface area (Å²) in [6, 6.07) is 1.51. The number of carbonyl (C=O) groups is 2. The summed E-state index contributed by atoms with van der Waals surface area (Å²) in [5.74, 6) is -3.02. The number of hydrogen-bond acceptors (Lipinski definition) is 4. The van der Waals surface area contributed by atoms with Crippen LogP contribution in [0, 0.1) is 5.82 Å². The first-order chi connectivity index (χ1) is 9.63. The quantitative estimate of drug-likeness (QED) is 0.635. The average Bonchev–Trinajstić information content (AvgIpc) is 2.37. The van der Waals surface area contributed by atoms with Crippen molar-refractivity contribution in [3.05, 3.63) is 28.5 Å². The number of carboxylic acid groups (broad SMARTS) is 1. The molecule has 4 N–H and O–H groups in total. The topological polar surface area (TPSA) is 127 Å². The van der Waals surface area contributed by atoms with Crippen molar-refractivity contribution in [2.24, 2.45) is 5.73 Å². The maximum Gasteiger partial charge on any atom is 0.321 e. The van der Waals surface area contributed by atoms with Gasteiger partial charge in [0.2, 0.25) is 15.9 Å². The van der Waals surface area contributed by atoms with Gasteiger partial charge in [-0.15, -0.1) is 0 Å². The Kier molecular flexibility index (Phi) is 5.81. The Hall–Kier alpha value is -1.52. The minimum Gasteiger partial charge on any atom is -0.480 e. The molecule has 7 nitrogen and oxygen atoms in total. The van der Waals surface area contributed by atoms with Crippen LogP contribution >= 0.6 is 15.9 Å². The molecule has 0 aliphatic heterocycles. The molecule has 1 amide bonds. The fraction of sp³-hybridized carbons (Fsp3) is 0.273. The zero-order valence-electron chi connectivity index (χ0n) is 10.5. The zero-order chi connectivity index (χ0) is 16.2. The molecule has 0 spiro atoms. The highest BCUT2D eigenvalue weighted by atomic mass is 79.9. The van der Waals surface area contributed by atoms with Gasteiger partial charge in [0.25, 0.3) is 0 Å². The molecule has 1 aromatic rings. The lowest BCUT2D eigenvalue weighted by atomic mass is 10.2. The van der Waals surface area contributed by atoms with Crippen LogP contribution < -0.4 is 10.5 Å². The van der Waals surface area contributed by atoms with E-state index < -0.39 is 38.7 Å². The smallest absolute Gasteiger partial charge is 0.321 e. The Morgan fingerprint density at radius 2 is 2.05 bits per heavy atom. The van der Waals surface area contributed by atoms with Crippen LogP contribution in [0.25, 0.3) is 0 Å². The van der Waals surface area contributed by atoms with Gasteiger partial charge in [0.1, 0.15) is 11.9 Å². The fourth-order valence-corrected chi connectivity index (χ4v) is 2.90. The number of benzene rings is 1. The molecule has 0 bridgehead atoms. The lowest BCUT2D eigenvalue weighted by molar-refractivity contribution is -0.139. The van der Waals surface area contributed by atoms with E-state index in [0.717, 1.165) is 12.1 Å². The van der Waals surface area contributed by atoms with Gasteiger partial charge < -0.3 is 10.8 Å². The standard InChI is InChI=1S/C11H12BrFN2O5S/c12-7-2-1-6(5-8(7)13)21(19,20)15-9(11(17)18)3-4-10(14)16/h1-2,5,9,15H,3-4H2,(H2,14,16)(H,17,18). The first kappa shape index (κ1) is 17.5. The third-order valence-electron chi connectivity index (χ3n) is 2.48. The molecule has 0 aliphatic carbocycles. The van der Waals surface area contributed by atoms with Crippen molar-refractivity contribution in [1.29, 1.82) is 0 Å².